The second-order valence-electron chi connectivity index (χ2n) is 17.3. The van der Waals surface area contributed by atoms with Crippen molar-refractivity contribution in [1.29, 1.82) is 0 Å². The van der Waals surface area contributed by atoms with Gasteiger partial charge in [0, 0.05) is 12.8 Å². The maximum atomic E-state index is 12.8. The van der Waals surface area contributed by atoms with Gasteiger partial charge < -0.3 is 19.1 Å². The Balaban J connectivity index is 2.20. The number of nitrogens with zero attached hydrogens (tertiary/aromatic N) is 1. The van der Waals surface area contributed by atoms with E-state index in [-0.39, 0.29) is 29.9 Å². The number of carbonyl (C=O) groups is 3. The van der Waals surface area contributed by atoms with E-state index in [1.165, 1.54) is 116 Å². The second kappa shape index (κ2) is 39.9. The Bertz CT molecular complexity index is 1130. The minimum atomic E-state index is -0.120. The van der Waals surface area contributed by atoms with Crippen LogP contribution < -0.4 is 0 Å². The number of hydrogen-bond acceptors (Lipinski definition) is 7. The summed E-state index contributed by atoms with van der Waals surface area (Å²) in [7, 11) is 0. The molecule has 1 heterocycles. The molecule has 1 saturated heterocycles. The zero-order valence-electron chi connectivity index (χ0n) is 38.1. The summed E-state index contributed by atoms with van der Waals surface area (Å²) in [5.74, 6) is 0.397. The largest absolute Gasteiger partial charge is 0.466 e. The minimum Gasteiger partial charge on any atom is -0.466 e. The summed E-state index contributed by atoms with van der Waals surface area (Å²) < 4.78 is 17.1. The third kappa shape index (κ3) is 34.3. The Labute approximate surface area is 357 Å². The Morgan fingerprint density at radius 1 is 0.603 bits per heavy atom. The maximum absolute atomic E-state index is 12.8. The van der Waals surface area contributed by atoms with Crippen molar-refractivity contribution in [2.24, 2.45) is 11.8 Å². The quantitative estimate of drug-likeness (QED) is 0.0264. The molecule has 7 nitrogen and oxygen atoms in total. The smallest absolute Gasteiger partial charge is 0.306 e. The van der Waals surface area contributed by atoms with Crippen LogP contribution in [-0.2, 0) is 28.6 Å². The maximum Gasteiger partial charge on any atom is 0.306 e. The molecule has 3 atom stereocenters. The first kappa shape index (κ1) is 53.5. The molecule has 0 bridgehead atoms. The molecule has 1 aliphatic rings. The molecule has 58 heavy (non-hydrogen) atoms. The van der Waals surface area contributed by atoms with E-state index in [1.54, 1.807) is 0 Å². The fourth-order valence-corrected chi connectivity index (χ4v) is 7.97. The number of carbonyl (C=O) groups excluding carboxylic acids is 3. The lowest BCUT2D eigenvalue weighted by Gasteiger charge is -2.19. The molecule has 7 heteroatoms. The predicted octanol–water partition coefficient (Wildman–Crippen LogP) is 13.7. The van der Waals surface area contributed by atoms with Crippen LogP contribution in [0.3, 0.4) is 0 Å². The monoisotopic (exact) mass is 812 g/mol. The summed E-state index contributed by atoms with van der Waals surface area (Å²) in [6.45, 7) is 14.5. The molecule has 0 aromatic carbocycles. The van der Waals surface area contributed by atoms with Gasteiger partial charge in [-0.1, -0.05) is 154 Å². The second-order valence-corrected chi connectivity index (χ2v) is 17.3. The molecule has 0 amide bonds. The lowest BCUT2D eigenvalue weighted by molar-refractivity contribution is -0.150. The van der Waals surface area contributed by atoms with E-state index in [2.05, 4.69) is 49.4 Å². The highest BCUT2D eigenvalue weighted by Crippen LogP contribution is 2.20. The van der Waals surface area contributed by atoms with Gasteiger partial charge in [-0.3, -0.25) is 14.4 Å². The third-order valence-corrected chi connectivity index (χ3v) is 11.6. The van der Waals surface area contributed by atoms with Crippen LogP contribution in [0.1, 0.15) is 226 Å². The van der Waals surface area contributed by atoms with Crippen LogP contribution in [0.15, 0.2) is 29.8 Å². The molecule has 334 valence electrons. The zero-order valence-corrected chi connectivity index (χ0v) is 38.1. The number of hydrogen-bond donors (Lipinski definition) is 0. The van der Waals surface area contributed by atoms with Crippen molar-refractivity contribution in [3.05, 3.63) is 29.8 Å². The van der Waals surface area contributed by atoms with Gasteiger partial charge in [-0.2, -0.15) is 0 Å². The summed E-state index contributed by atoms with van der Waals surface area (Å²) in [5, 5.41) is 0. The van der Waals surface area contributed by atoms with E-state index < -0.39 is 0 Å². The average molecular weight is 812 g/mol. The van der Waals surface area contributed by atoms with Gasteiger partial charge in [0.25, 0.3) is 0 Å². The molecule has 0 N–H and O–H groups in total. The Kier molecular flexibility index (Phi) is 36.8. The minimum absolute atomic E-state index is 0.0104. The SMILES string of the molecule is C=C=C=C=CC(CCCCC)CC(=O)OCCCCCCCCCCC(CCCCCCCCCCOC(=O)CC(C)CCCCC)OC(=O)CCCN1CCCC1. The van der Waals surface area contributed by atoms with Crippen LogP contribution in [0.5, 0.6) is 0 Å². The molecule has 1 aliphatic heterocycles. The van der Waals surface area contributed by atoms with Gasteiger partial charge in [0.05, 0.1) is 19.6 Å². The first-order chi connectivity index (χ1) is 28.4. The van der Waals surface area contributed by atoms with Crippen molar-refractivity contribution in [1.82, 2.24) is 4.90 Å². The first-order valence-electron chi connectivity index (χ1n) is 24.5. The predicted molar refractivity (Wildman–Crippen MR) is 241 cm³/mol. The van der Waals surface area contributed by atoms with Crippen molar-refractivity contribution in [3.8, 4) is 0 Å². The van der Waals surface area contributed by atoms with Crippen LogP contribution in [0.4, 0.5) is 0 Å². The highest BCUT2D eigenvalue weighted by molar-refractivity contribution is 5.70. The van der Waals surface area contributed by atoms with E-state index >= 15 is 0 Å². The van der Waals surface area contributed by atoms with Gasteiger partial charge in [-0.15, -0.1) is 0 Å². The fraction of sp³-hybridized carbons (Fsp3) is 0.843. The van der Waals surface area contributed by atoms with Gasteiger partial charge in [-0.25, -0.2) is 0 Å². The molecule has 0 aliphatic carbocycles. The van der Waals surface area contributed by atoms with Crippen LogP contribution in [0.25, 0.3) is 0 Å². The average Bonchev–Trinajstić information content (AvgIpc) is 3.72. The standard InChI is InChI=1S/C51H89NO6/c1-5-8-23-33-46(4)44-50(54)56-42-30-21-17-13-11-15-19-26-36-48(58-49(53)38-32-41-52-39-28-29-40-52)37-27-20-16-12-14-18-22-31-43-57-51(55)45-47(34-24-9-6-2)35-25-10-7-3/h34,46-48H,2,5,7-8,10-23,25-33,35-45H2,1,3-4H3. The Morgan fingerprint density at radius 2 is 1.09 bits per heavy atom. The Morgan fingerprint density at radius 3 is 1.62 bits per heavy atom. The molecule has 0 radical (unpaired) electrons. The van der Waals surface area contributed by atoms with Crippen LogP contribution in [-0.4, -0.2) is 61.8 Å². The van der Waals surface area contributed by atoms with Crippen LogP contribution >= 0.6 is 0 Å². The molecule has 1 rings (SSSR count). The number of ether oxygens (including phenoxy) is 3. The van der Waals surface area contributed by atoms with Gasteiger partial charge in [0.15, 0.2) is 0 Å². The molecule has 3 unspecified atom stereocenters. The number of likely N-dealkylation sites (tertiary alicyclic amines) is 1. The van der Waals surface area contributed by atoms with Crippen molar-refractivity contribution < 1.29 is 28.6 Å². The normalized spacial score (nSPS) is 14.2. The molecule has 0 saturated carbocycles. The topological polar surface area (TPSA) is 82.1 Å². The van der Waals surface area contributed by atoms with Crippen molar-refractivity contribution in [3.63, 3.8) is 0 Å². The molecule has 1 fully saturated rings. The summed E-state index contributed by atoms with van der Waals surface area (Å²) >= 11 is 0. The summed E-state index contributed by atoms with van der Waals surface area (Å²) in [6.07, 6.45) is 36.5. The summed E-state index contributed by atoms with van der Waals surface area (Å²) in [6, 6.07) is 0. The lowest BCUT2D eigenvalue weighted by Crippen LogP contribution is -2.23. The van der Waals surface area contributed by atoms with E-state index in [0.29, 0.717) is 38.4 Å². The molecule has 0 spiro atoms. The van der Waals surface area contributed by atoms with Crippen LogP contribution in [0, 0.1) is 11.8 Å². The summed E-state index contributed by atoms with van der Waals surface area (Å²) in [5.41, 5.74) is 8.26. The van der Waals surface area contributed by atoms with Crippen molar-refractivity contribution >= 4 is 17.9 Å². The lowest BCUT2D eigenvalue weighted by atomic mass is 9.98. The van der Waals surface area contributed by atoms with Crippen LogP contribution in [0.2, 0.25) is 0 Å². The van der Waals surface area contributed by atoms with Gasteiger partial charge in [0.1, 0.15) is 6.10 Å². The highest BCUT2D eigenvalue weighted by atomic mass is 16.5. The van der Waals surface area contributed by atoms with E-state index in [4.69, 9.17) is 14.2 Å². The van der Waals surface area contributed by atoms with Gasteiger partial charge in [-0.05, 0) is 114 Å². The number of rotatable bonds is 40. The Hall–Kier alpha value is -2.55. The fourth-order valence-electron chi connectivity index (χ4n) is 7.97. The third-order valence-electron chi connectivity index (χ3n) is 11.6. The number of allylic oxidation sites excluding steroid dienone is 1. The van der Waals surface area contributed by atoms with Crippen molar-refractivity contribution in [2.75, 3.05) is 32.8 Å². The van der Waals surface area contributed by atoms with Crippen molar-refractivity contribution in [2.45, 2.75) is 232 Å². The highest BCUT2D eigenvalue weighted by Gasteiger charge is 2.17. The van der Waals surface area contributed by atoms with E-state index in [0.717, 1.165) is 90.0 Å². The molecule has 0 aromatic heterocycles. The first-order valence-corrected chi connectivity index (χ1v) is 24.5. The zero-order chi connectivity index (χ0) is 42.2. The van der Waals surface area contributed by atoms with E-state index in [1.807, 2.05) is 6.08 Å². The number of esters is 3. The summed E-state index contributed by atoms with van der Waals surface area (Å²) in [4.78, 5) is 39.8. The van der Waals surface area contributed by atoms with Gasteiger partial charge in [0.2, 0.25) is 0 Å². The van der Waals surface area contributed by atoms with Gasteiger partial charge >= 0.3 is 17.9 Å². The number of unbranched alkanes of at least 4 members (excludes halogenated alkanes) is 18. The van der Waals surface area contributed by atoms with E-state index in [9.17, 15) is 14.4 Å². The molecular formula is C51H89NO6. The molecular weight excluding hydrogens is 723 g/mol. The molecule has 0 aromatic rings.